The number of nitrogens with zero attached hydrogens (tertiary/aromatic N) is 2. The molecule has 4 nitrogen and oxygen atoms in total. The van der Waals surface area contributed by atoms with E-state index in [0.29, 0.717) is 19.0 Å². The second-order valence-electron chi connectivity index (χ2n) is 7.07. The van der Waals surface area contributed by atoms with E-state index in [0.717, 1.165) is 36.1 Å². The number of piperidine rings is 1. The number of carbonyl (C=O) groups is 1. The second-order valence-corrected chi connectivity index (χ2v) is 7.07. The molecule has 4 rings (SSSR count). The SMILES string of the molecule is N[C@@H]1CN(C(=O)c2cccnc2C2CC2)CC[C@H]1c1ccc(F)cc1. The number of nitrogens with two attached hydrogens (primary N) is 1. The first-order valence-electron chi connectivity index (χ1n) is 8.88. The Morgan fingerprint density at radius 1 is 1.16 bits per heavy atom. The molecule has 2 aromatic rings. The molecule has 1 aromatic heterocycles. The van der Waals surface area contributed by atoms with Gasteiger partial charge in [-0.15, -0.1) is 0 Å². The Kier molecular flexibility index (Phi) is 4.25. The summed E-state index contributed by atoms with van der Waals surface area (Å²) in [7, 11) is 0. The van der Waals surface area contributed by atoms with E-state index in [-0.39, 0.29) is 23.7 Å². The van der Waals surface area contributed by atoms with Crippen molar-refractivity contribution in [3.63, 3.8) is 0 Å². The zero-order chi connectivity index (χ0) is 17.4. The zero-order valence-corrected chi connectivity index (χ0v) is 14.1. The summed E-state index contributed by atoms with van der Waals surface area (Å²) in [6, 6.07) is 10.1. The molecule has 2 atom stereocenters. The highest BCUT2D eigenvalue weighted by Crippen LogP contribution is 2.40. The van der Waals surface area contributed by atoms with Crippen LogP contribution in [0.4, 0.5) is 4.39 Å². The Morgan fingerprint density at radius 2 is 1.92 bits per heavy atom. The summed E-state index contributed by atoms with van der Waals surface area (Å²) in [6.45, 7) is 1.17. The van der Waals surface area contributed by atoms with Crippen molar-refractivity contribution in [3.8, 4) is 0 Å². The Labute approximate surface area is 146 Å². The minimum atomic E-state index is -0.242. The normalized spacial score (nSPS) is 23.5. The van der Waals surface area contributed by atoms with E-state index in [1.165, 1.54) is 12.1 Å². The van der Waals surface area contributed by atoms with Crippen LogP contribution in [0.25, 0.3) is 0 Å². The van der Waals surface area contributed by atoms with Crippen LogP contribution in [-0.2, 0) is 0 Å². The zero-order valence-electron chi connectivity index (χ0n) is 14.1. The van der Waals surface area contributed by atoms with Gasteiger partial charge in [0.1, 0.15) is 5.82 Å². The van der Waals surface area contributed by atoms with Gasteiger partial charge in [-0.3, -0.25) is 9.78 Å². The van der Waals surface area contributed by atoms with Gasteiger partial charge in [0.2, 0.25) is 0 Å². The molecular weight excluding hydrogens is 317 g/mol. The molecule has 1 aromatic carbocycles. The van der Waals surface area contributed by atoms with Gasteiger partial charge in [0, 0.05) is 37.2 Å². The van der Waals surface area contributed by atoms with Crippen molar-refractivity contribution in [2.75, 3.05) is 13.1 Å². The van der Waals surface area contributed by atoms with Crippen LogP contribution in [-0.4, -0.2) is 34.9 Å². The molecule has 2 aliphatic rings. The van der Waals surface area contributed by atoms with Crippen LogP contribution >= 0.6 is 0 Å². The predicted octanol–water partition coefficient (Wildman–Crippen LogP) is 3.06. The van der Waals surface area contributed by atoms with Crippen LogP contribution in [0.3, 0.4) is 0 Å². The first kappa shape index (κ1) is 16.2. The summed E-state index contributed by atoms with van der Waals surface area (Å²) in [5.74, 6) is 0.379. The Hall–Kier alpha value is -2.27. The third-order valence-electron chi connectivity index (χ3n) is 5.28. The molecule has 1 saturated carbocycles. The number of amides is 1. The maximum atomic E-state index is 13.1. The summed E-state index contributed by atoms with van der Waals surface area (Å²) in [6.07, 6.45) is 4.78. The minimum Gasteiger partial charge on any atom is -0.337 e. The molecule has 130 valence electrons. The number of rotatable bonds is 3. The van der Waals surface area contributed by atoms with Gasteiger partial charge < -0.3 is 10.6 Å². The Bertz CT molecular complexity index is 773. The fourth-order valence-electron chi connectivity index (χ4n) is 3.74. The van der Waals surface area contributed by atoms with E-state index in [1.54, 1.807) is 18.3 Å². The van der Waals surface area contributed by atoms with Gasteiger partial charge >= 0.3 is 0 Å². The average Bonchev–Trinajstić information content (AvgIpc) is 3.47. The number of hydrogen-bond acceptors (Lipinski definition) is 3. The number of likely N-dealkylation sites (tertiary alicyclic amines) is 1. The number of pyridine rings is 1. The van der Waals surface area contributed by atoms with E-state index < -0.39 is 0 Å². The van der Waals surface area contributed by atoms with Gasteiger partial charge in [0.05, 0.1) is 11.3 Å². The first-order valence-corrected chi connectivity index (χ1v) is 8.88. The van der Waals surface area contributed by atoms with Gasteiger partial charge in [0.25, 0.3) is 5.91 Å². The highest BCUT2D eigenvalue weighted by molar-refractivity contribution is 5.95. The molecule has 1 aliphatic heterocycles. The maximum Gasteiger partial charge on any atom is 0.255 e. The number of hydrogen-bond donors (Lipinski definition) is 1. The van der Waals surface area contributed by atoms with Gasteiger partial charge in [0.15, 0.2) is 0 Å². The average molecular weight is 339 g/mol. The van der Waals surface area contributed by atoms with Gasteiger partial charge in [-0.05, 0) is 49.1 Å². The first-order chi connectivity index (χ1) is 12.1. The van der Waals surface area contributed by atoms with Crippen molar-refractivity contribution in [1.29, 1.82) is 0 Å². The van der Waals surface area contributed by atoms with Gasteiger partial charge in [-0.25, -0.2) is 4.39 Å². The maximum absolute atomic E-state index is 13.1. The molecular formula is C20H22FN3O. The summed E-state index contributed by atoms with van der Waals surface area (Å²) < 4.78 is 13.1. The summed E-state index contributed by atoms with van der Waals surface area (Å²) in [5, 5.41) is 0. The lowest BCUT2D eigenvalue weighted by Crippen LogP contribution is -2.49. The summed E-state index contributed by atoms with van der Waals surface area (Å²) >= 11 is 0. The minimum absolute atomic E-state index is 0.0306. The Morgan fingerprint density at radius 3 is 2.60 bits per heavy atom. The molecule has 0 unspecified atom stereocenters. The van der Waals surface area contributed by atoms with E-state index in [9.17, 15) is 9.18 Å². The molecule has 25 heavy (non-hydrogen) atoms. The molecule has 1 amide bonds. The number of halogens is 1. The molecule has 2 N–H and O–H groups in total. The van der Waals surface area contributed by atoms with Gasteiger partial charge in [-0.1, -0.05) is 12.1 Å². The number of benzene rings is 1. The third-order valence-corrected chi connectivity index (χ3v) is 5.28. The highest BCUT2D eigenvalue weighted by Gasteiger charge is 2.34. The van der Waals surface area contributed by atoms with Crippen molar-refractivity contribution in [2.24, 2.45) is 5.73 Å². The van der Waals surface area contributed by atoms with Crippen LogP contribution in [0.1, 0.15) is 52.7 Å². The van der Waals surface area contributed by atoms with E-state index in [2.05, 4.69) is 4.98 Å². The third kappa shape index (κ3) is 3.29. The lowest BCUT2D eigenvalue weighted by atomic mass is 9.85. The van der Waals surface area contributed by atoms with Crippen LogP contribution < -0.4 is 5.73 Å². The van der Waals surface area contributed by atoms with Crippen LogP contribution in [0.5, 0.6) is 0 Å². The van der Waals surface area contributed by atoms with E-state index >= 15 is 0 Å². The van der Waals surface area contributed by atoms with E-state index in [1.807, 2.05) is 17.0 Å². The molecule has 0 bridgehead atoms. The quantitative estimate of drug-likeness (QED) is 0.935. The van der Waals surface area contributed by atoms with Crippen molar-refractivity contribution >= 4 is 5.91 Å². The van der Waals surface area contributed by atoms with Crippen molar-refractivity contribution in [2.45, 2.75) is 37.1 Å². The van der Waals surface area contributed by atoms with Crippen molar-refractivity contribution < 1.29 is 9.18 Å². The number of carbonyl (C=O) groups excluding carboxylic acids is 1. The van der Waals surface area contributed by atoms with Crippen molar-refractivity contribution in [1.82, 2.24) is 9.88 Å². The van der Waals surface area contributed by atoms with Crippen LogP contribution in [0, 0.1) is 5.82 Å². The fraction of sp³-hybridized carbons (Fsp3) is 0.400. The topological polar surface area (TPSA) is 59.2 Å². The van der Waals surface area contributed by atoms with Crippen LogP contribution in [0.15, 0.2) is 42.6 Å². The standard InChI is InChI=1S/C20H22FN3O/c21-15-7-5-13(6-8-15)16-9-11-24(12-18(16)22)20(25)17-2-1-10-23-19(17)14-3-4-14/h1-2,5-8,10,14,16,18H,3-4,9,11-12,22H2/t16-,18+/m0/s1. The molecule has 5 heteroatoms. The Balaban J connectivity index is 1.49. The molecule has 2 heterocycles. The molecule has 2 fully saturated rings. The second kappa shape index (κ2) is 6.56. The smallest absolute Gasteiger partial charge is 0.255 e. The molecule has 0 radical (unpaired) electrons. The number of aromatic nitrogens is 1. The fourth-order valence-corrected chi connectivity index (χ4v) is 3.74. The monoisotopic (exact) mass is 339 g/mol. The summed E-state index contributed by atoms with van der Waals surface area (Å²) in [4.78, 5) is 19.2. The van der Waals surface area contributed by atoms with Gasteiger partial charge in [-0.2, -0.15) is 0 Å². The lowest BCUT2D eigenvalue weighted by Gasteiger charge is -2.37. The summed E-state index contributed by atoms with van der Waals surface area (Å²) in [5.41, 5.74) is 9.06. The molecule has 1 saturated heterocycles. The van der Waals surface area contributed by atoms with Crippen LogP contribution in [0.2, 0.25) is 0 Å². The highest BCUT2D eigenvalue weighted by atomic mass is 19.1. The largest absolute Gasteiger partial charge is 0.337 e. The molecule has 0 spiro atoms. The van der Waals surface area contributed by atoms with E-state index in [4.69, 9.17) is 5.73 Å². The van der Waals surface area contributed by atoms with Crippen molar-refractivity contribution in [3.05, 3.63) is 65.2 Å². The predicted molar refractivity (Wildman–Crippen MR) is 93.8 cm³/mol. The molecule has 1 aliphatic carbocycles. The lowest BCUT2D eigenvalue weighted by molar-refractivity contribution is 0.0692.